The molecule has 2 aromatic rings. The topological polar surface area (TPSA) is 86.0 Å². The van der Waals surface area contributed by atoms with Gasteiger partial charge in [-0.05, 0) is 0 Å². The quantitative estimate of drug-likeness (QED) is 0.610. The van der Waals surface area contributed by atoms with Crippen LogP contribution in [0.25, 0.3) is 11.5 Å². The molecule has 0 unspecified atom stereocenters. The summed E-state index contributed by atoms with van der Waals surface area (Å²) in [7, 11) is 1.61. The van der Waals surface area contributed by atoms with Crippen molar-refractivity contribution in [1.82, 2.24) is 15.0 Å². The minimum Gasteiger partial charge on any atom is -0.378 e. The van der Waals surface area contributed by atoms with E-state index in [2.05, 4.69) is 20.4 Å². The maximum Gasteiger partial charge on any atom is 0.181 e. The van der Waals surface area contributed by atoms with Crippen molar-refractivity contribution in [1.29, 1.82) is 0 Å². The first kappa shape index (κ1) is 10.9. The molecule has 0 bridgehead atoms. The number of rotatable bonds is 4. The summed E-state index contributed by atoms with van der Waals surface area (Å²) in [4.78, 5) is 12.7. The van der Waals surface area contributed by atoms with Crippen molar-refractivity contribution in [3.8, 4) is 11.5 Å². The van der Waals surface area contributed by atoms with Crippen LogP contribution in [0.5, 0.6) is 0 Å². The minimum absolute atomic E-state index is 0.411. The van der Waals surface area contributed by atoms with Crippen LogP contribution in [0.4, 0.5) is 5.82 Å². The number of nitrogens with one attached hydrogen (secondary N) is 1. The molecule has 3 N–H and O–H groups in total. The molecular weight excluding hydrogens is 226 g/mol. The molecule has 0 amide bonds. The van der Waals surface area contributed by atoms with Gasteiger partial charge in [-0.15, -0.1) is 11.3 Å². The van der Waals surface area contributed by atoms with Gasteiger partial charge in [0.15, 0.2) is 5.82 Å². The Morgan fingerprint density at radius 1 is 1.50 bits per heavy atom. The van der Waals surface area contributed by atoms with Crippen LogP contribution in [-0.4, -0.2) is 22.1 Å². The van der Waals surface area contributed by atoms with Gasteiger partial charge >= 0.3 is 0 Å². The number of nitrogens with zero attached hydrogens (tertiary/aromatic N) is 3. The number of nitrogens with two attached hydrogens (primary N) is 1. The van der Waals surface area contributed by atoms with Crippen LogP contribution in [0.15, 0.2) is 17.0 Å². The lowest BCUT2D eigenvalue weighted by molar-refractivity contribution is 0.181. The molecule has 0 fully saturated rings. The molecule has 0 radical (unpaired) electrons. The summed E-state index contributed by atoms with van der Waals surface area (Å²) in [5.41, 5.74) is 5.72. The Kier molecular flexibility index (Phi) is 3.40. The average Bonchev–Trinajstić information content (AvgIpc) is 2.82. The van der Waals surface area contributed by atoms with E-state index in [-0.39, 0.29) is 0 Å². The van der Waals surface area contributed by atoms with Gasteiger partial charge in [-0.3, -0.25) is 0 Å². The maximum absolute atomic E-state index is 5.34. The lowest BCUT2D eigenvalue weighted by Crippen LogP contribution is -2.10. The lowest BCUT2D eigenvalue weighted by atomic mass is 10.3. The summed E-state index contributed by atoms with van der Waals surface area (Å²) in [5, 5.41) is 1.88. The number of ether oxygens (including phenoxy) is 1. The van der Waals surface area contributed by atoms with E-state index in [9.17, 15) is 0 Å². The predicted octanol–water partition coefficient (Wildman–Crippen LogP) is 1.03. The van der Waals surface area contributed by atoms with Crippen molar-refractivity contribution >= 4 is 17.2 Å². The van der Waals surface area contributed by atoms with E-state index >= 15 is 0 Å². The van der Waals surface area contributed by atoms with Gasteiger partial charge in [0.05, 0.1) is 17.8 Å². The SMILES string of the molecule is COCc1cc(NN)nc(-c2cscn2)n1. The molecule has 2 rings (SSSR count). The van der Waals surface area contributed by atoms with Gasteiger partial charge in [-0.1, -0.05) is 0 Å². The number of nitrogen functional groups attached to an aromatic ring is 1. The molecule has 0 spiro atoms. The summed E-state index contributed by atoms with van der Waals surface area (Å²) in [5.74, 6) is 6.43. The summed E-state index contributed by atoms with van der Waals surface area (Å²) in [6.07, 6.45) is 0. The van der Waals surface area contributed by atoms with Crippen molar-refractivity contribution in [2.24, 2.45) is 5.84 Å². The smallest absolute Gasteiger partial charge is 0.181 e. The van der Waals surface area contributed by atoms with E-state index < -0.39 is 0 Å². The second-order valence-corrected chi connectivity index (χ2v) is 3.74. The Balaban J connectivity index is 2.41. The molecule has 0 aliphatic carbocycles. The fourth-order valence-electron chi connectivity index (χ4n) is 1.23. The number of aromatic nitrogens is 3. The first-order chi connectivity index (χ1) is 7.83. The third-order valence-electron chi connectivity index (χ3n) is 1.88. The van der Waals surface area contributed by atoms with Crippen molar-refractivity contribution in [3.05, 3.63) is 22.7 Å². The van der Waals surface area contributed by atoms with Crippen LogP contribution in [0.2, 0.25) is 0 Å². The number of hydrazine groups is 1. The highest BCUT2D eigenvalue weighted by Crippen LogP contribution is 2.17. The Morgan fingerprint density at radius 3 is 3.00 bits per heavy atom. The van der Waals surface area contributed by atoms with Gasteiger partial charge in [0.2, 0.25) is 0 Å². The monoisotopic (exact) mass is 237 g/mol. The van der Waals surface area contributed by atoms with Crippen LogP contribution in [-0.2, 0) is 11.3 Å². The zero-order chi connectivity index (χ0) is 11.4. The second-order valence-electron chi connectivity index (χ2n) is 3.02. The average molecular weight is 237 g/mol. The second kappa shape index (κ2) is 4.97. The molecule has 84 valence electrons. The van der Waals surface area contributed by atoms with Crippen LogP contribution in [0.1, 0.15) is 5.69 Å². The molecule has 2 heterocycles. The van der Waals surface area contributed by atoms with E-state index in [4.69, 9.17) is 10.6 Å². The number of hydrogen-bond acceptors (Lipinski definition) is 7. The zero-order valence-corrected chi connectivity index (χ0v) is 9.49. The molecule has 0 aromatic carbocycles. The molecule has 2 aromatic heterocycles. The number of methoxy groups -OCH3 is 1. The van der Waals surface area contributed by atoms with Crippen LogP contribution >= 0.6 is 11.3 Å². The molecule has 0 saturated heterocycles. The first-order valence-electron chi connectivity index (χ1n) is 4.55. The van der Waals surface area contributed by atoms with E-state index in [1.807, 2.05) is 5.38 Å². The number of anilines is 1. The molecule has 6 nitrogen and oxygen atoms in total. The molecular formula is C9H11N5OS. The molecule has 0 saturated carbocycles. The van der Waals surface area contributed by atoms with Crippen molar-refractivity contribution < 1.29 is 4.74 Å². The lowest BCUT2D eigenvalue weighted by Gasteiger charge is -2.05. The summed E-state index contributed by atoms with van der Waals surface area (Å²) >= 11 is 1.49. The normalized spacial score (nSPS) is 10.4. The number of hydrogen-bond donors (Lipinski definition) is 2. The molecule has 7 heteroatoms. The molecule has 16 heavy (non-hydrogen) atoms. The summed E-state index contributed by atoms with van der Waals surface area (Å²) in [6, 6.07) is 1.74. The molecule has 0 aliphatic rings. The summed E-state index contributed by atoms with van der Waals surface area (Å²) in [6.45, 7) is 0.411. The van der Waals surface area contributed by atoms with Gasteiger partial charge in [-0.25, -0.2) is 20.8 Å². The molecule has 0 atom stereocenters. The van der Waals surface area contributed by atoms with Gasteiger partial charge in [-0.2, -0.15) is 0 Å². The minimum atomic E-state index is 0.411. The fourth-order valence-corrected chi connectivity index (χ4v) is 1.76. The summed E-state index contributed by atoms with van der Waals surface area (Å²) < 4.78 is 5.02. The van der Waals surface area contributed by atoms with Crippen LogP contribution in [0.3, 0.4) is 0 Å². The van der Waals surface area contributed by atoms with Crippen LogP contribution in [0, 0.1) is 0 Å². The van der Waals surface area contributed by atoms with E-state index in [0.29, 0.717) is 18.2 Å². The van der Waals surface area contributed by atoms with E-state index in [1.54, 1.807) is 18.7 Å². The fraction of sp³-hybridized carbons (Fsp3) is 0.222. The first-order valence-corrected chi connectivity index (χ1v) is 5.50. The predicted molar refractivity (Wildman–Crippen MR) is 61.7 cm³/mol. The Morgan fingerprint density at radius 2 is 2.38 bits per heavy atom. The third kappa shape index (κ3) is 2.32. The van der Waals surface area contributed by atoms with Gasteiger partial charge in [0.25, 0.3) is 0 Å². The van der Waals surface area contributed by atoms with Gasteiger partial charge in [0, 0.05) is 18.6 Å². The standard InChI is InChI=1S/C9H11N5OS/c1-15-3-6-2-8(14-10)13-9(12-6)7-4-16-5-11-7/h2,4-5H,3,10H2,1H3,(H,12,13,14). The van der Waals surface area contributed by atoms with E-state index in [1.165, 1.54) is 11.3 Å². The third-order valence-corrected chi connectivity index (χ3v) is 2.47. The zero-order valence-electron chi connectivity index (χ0n) is 8.67. The largest absolute Gasteiger partial charge is 0.378 e. The highest BCUT2D eigenvalue weighted by molar-refractivity contribution is 7.07. The Labute approximate surface area is 96.5 Å². The van der Waals surface area contributed by atoms with Gasteiger partial charge < -0.3 is 10.2 Å². The van der Waals surface area contributed by atoms with Crippen molar-refractivity contribution in [3.63, 3.8) is 0 Å². The Hall–Kier alpha value is -1.57. The van der Waals surface area contributed by atoms with Gasteiger partial charge in [0.1, 0.15) is 11.5 Å². The highest BCUT2D eigenvalue weighted by Gasteiger charge is 2.07. The van der Waals surface area contributed by atoms with Crippen molar-refractivity contribution in [2.75, 3.05) is 12.5 Å². The van der Waals surface area contributed by atoms with Crippen LogP contribution < -0.4 is 11.3 Å². The van der Waals surface area contributed by atoms with Crippen molar-refractivity contribution in [2.45, 2.75) is 6.61 Å². The van der Waals surface area contributed by atoms with E-state index in [0.717, 1.165) is 11.4 Å². The highest BCUT2D eigenvalue weighted by atomic mass is 32.1. The Bertz CT molecular complexity index is 459. The maximum atomic E-state index is 5.34. The molecule has 0 aliphatic heterocycles. The number of thiazole rings is 1.